The predicted molar refractivity (Wildman–Crippen MR) is 181 cm³/mol. The van der Waals surface area contributed by atoms with E-state index >= 15 is 0 Å². The van der Waals surface area contributed by atoms with E-state index in [0.717, 1.165) is 49.0 Å². The molecular weight excluding hydrogens is 606 g/mol. The second-order valence-corrected chi connectivity index (χ2v) is 12.8. The summed E-state index contributed by atoms with van der Waals surface area (Å²) in [7, 11) is 0. The Bertz CT molecular complexity index is 1640. The van der Waals surface area contributed by atoms with Gasteiger partial charge < -0.3 is 19.8 Å². The van der Waals surface area contributed by atoms with Crippen molar-refractivity contribution in [3.8, 4) is 5.75 Å². The third-order valence-corrected chi connectivity index (χ3v) is 9.45. The van der Waals surface area contributed by atoms with Gasteiger partial charge in [0.2, 0.25) is 17.7 Å². The topological polar surface area (TPSA) is 105 Å². The van der Waals surface area contributed by atoms with Gasteiger partial charge in [0.25, 0.3) is 5.91 Å². The molecule has 250 valence electrons. The molecule has 3 aliphatic rings. The Morgan fingerprint density at radius 3 is 2.33 bits per heavy atom. The third kappa shape index (κ3) is 7.28. The number of likely N-dealkylation sites (tertiary alicyclic amines) is 1. The van der Waals surface area contributed by atoms with Crippen molar-refractivity contribution in [2.75, 3.05) is 32.7 Å². The number of hydrazine groups is 1. The van der Waals surface area contributed by atoms with E-state index in [1.54, 1.807) is 50.2 Å². The van der Waals surface area contributed by atoms with Gasteiger partial charge in [-0.25, -0.2) is 10.0 Å². The van der Waals surface area contributed by atoms with Crippen molar-refractivity contribution in [3.05, 3.63) is 114 Å². The van der Waals surface area contributed by atoms with E-state index < -0.39 is 12.2 Å². The Morgan fingerprint density at radius 2 is 1.60 bits per heavy atom. The number of carbonyl (C=O) groups excluding carboxylic acids is 4. The summed E-state index contributed by atoms with van der Waals surface area (Å²) in [6.45, 7) is 5.93. The standard InChI is InChI=1S/C38H43N5O5/c1-2-20-41-27-36(46)42-33(24-29-14-17-32(44)18-15-29)38(48)40(26-34(42)43(41)35(45)19-16-28-10-5-3-6-11-28)25-30-12-9-13-31(23-30)37(47)39-21-7-4-8-22-39/h2-3,5-6,9-15,17-18,23,33-34,44H,1,4,7-8,16,19-22,24-27H2/t33-,34-/m0/s1. The van der Waals surface area contributed by atoms with Gasteiger partial charge in [-0.05, 0) is 66.6 Å². The molecule has 48 heavy (non-hydrogen) atoms. The Balaban J connectivity index is 1.31. The molecule has 4 amide bonds. The van der Waals surface area contributed by atoms with Crippen molar-refractivity contribution >= 4 is 23.6 Å². The number of benzene rings is 3. The van der Waals surface area contributed by atoms with Crippen LogP contribution < -0.4 is 0 Å². The van der Waals surface area contributed by atoms with Crippen LogP contribution in [0.3, 0.4) is 0 Å². The minimum absolute atomic E-state index is 0.00830. The zero-order chi connectivity index (χ0) is 33.6. The lowest BCUT2D eigenvalue weighted by Crippen LogP contribution is -2.75. The lowest BCUT2D eigenvalue weighted by Gasteiger charge is -2.55. The number of phenolic OH excluding ortho intramolecular Hbond substituents is 1. The van der Waals surface area contributed by atoms with Crippen molar-refractivity contribution in [2.45, 2.75) is 57.3 Å². The summed E-state index contributed by atoms with van der Waals surface area (Å²) in [5.41, 5.74) is 3.21. The molecule has 0 bridgehead atoms. The number of fused-ring (bicyclic) bond motifs is 1. The number of rotatable bonds is 10. The highest BCUT2D eigenvalue weighted by Crippen LogP contribution is 2.30. The molecule has 3 heterocycles. The van der Waals surface area contributed by atoms with E-state index in [1.807, 2.05) is 59.5 Å². The van der Waals surface area contributed by atoms with Gasteiger partial charge in [0.05, 0.1) is 13.1 Å². The number of carbonyl (C=O) groups is 4. The van der Waals surface area contributed by atoms with Crippen LogP contribution in [0.15, 0.2) is 91.5 Å². The molecule has 1 N–H and O–H groups in total. The maximum Gasteiger partial charge on any atom is 0.253 e. The molecule has 0 aliphatic carbocycles. The largest absolute Gasteiger partial charge is 0.508 e. The molecule has 3 aromatic carbocycles. The highest BCUT2D eigenvalue weighted by atomic mass is 16.3. The lowest BCUT2D eigenvalue weighted by atomic mass is 9.97. The number of aromatic hydroxyl groups is 1. The van der Waals surface area contributed by atoms with Gasteiger partial charge in [-0.3, -0.25) is 19.2 Å². The van der Waals surface area contributed by atoms with Crippen molar-refractivity contribution in [2.24, 2.45) is 0 Å². The monoisotopic (exact) mass is 649 g/mol. The van der Waals surface area contributed by atoms with Gasteiger partial charge in [-0.2, -0.15) is 0 Å². The molecule has 0 aromatic heterocycles. The van der Waals surface area contributed by atoms with Crippen LogP contribution in [0.4, 0.5) is 0 Å². The zero-order valence-electron chi connectivity index (χ0n) is 27.2. The maximum atomic E-state index is 14.3. The summed E-state index contributed by atoms with van der Waals surface area (Å²) < 4.78 is 0. The Kier molecular flexibility index (Phi) is 10.2. The van der Waals surface area contributed by atoms with Gasteiger partial charge in [0.1, 0.15) is 18.0 Å². The quantitative estimate of drug-likeness (QED) is 0.333. The number of piperazine rings is 1. The number of phenols is 1. The molecule has 10 nitrogen and oxygen atoms in total. The van der Waals surface area contributed by atoms with E-state index in [4.69, 9.17) is 0 Å². The van der Waals surface area contributed by atoms with Crippen molar-refractivity contribution in [3.63, 3.8) is 0 Å². The van der Waals surface area contributed by atoms with Gasteiger partial charge in [0.15, 0.2) is 0 Å². The van der Waals surface area contributed by atoms with Crippen molar-refractivity contribution in [1.82, 2.24) is 24.7 Å². The highest BCUT2D eigenvalue weighted by molar-refractivity contribution is 5.95. The molecule has 2 atom stereocenters. The fraction of sp³-hybridized carbons (Fsp3) is 0.368. The van der Waals surface area contributed by atoms with Gasteiger partial charge in [-0.1, -0.05) is 60.7 Å². The lowest BCUT2D eigenvalue weighted by molar-refractivity contribution is -0.205. The zero-order valence-corrected chi connectivity index (χ0v) is 27.2. The molecule has 6 rings (SSSR count). The van der Waals surface area contributed by atoms with Crippen LogP contribution in [-0.2, 0) is 33.8 Å². The molecule has 0 radical (unpaired) electrons. The first-order chi connectivity index (χ1) is 23.3. The minimum Gasteiger partial charge on any atom is -0.508 e. The maximum absolute atomic E-state index is 14.3. The SMILES string of the molecule is C=CCN1CC(=O)N2[C@@H](Cc3ccc(O)cc3)C(=O)N(Cc3cccc(C(=O)N4CCCCC4)c3)C[C@@H]2N1C(=O)CCc1ccccc1. The van der Waals surface area contributed by atoms with Crippen molar-refractivity contribution in [1.29, 1.82) is 0 Å². The van der Waals surface area contributed by atoms with Crippen LogP contribution in [0.5, 0.6) is 5.75 Å². The third-order valence-electron chi connectivity index (χ3n) is 9.45. The van der Waals surface area contributed by atoms with Crippen molar-refractivity contribution < 1.29 is 24.3 Å². The summed E-state index contributed by atoms with van der Waals surface area (Å²) in [6.07, 6.45) is 5.05. The Labute approximate surface area is 281 Å². The first kappa shape index (κ1) is 33.0. The minimum atomic E-state index is -0.866. The van der Waals surface area contributed by atoms with Crippen LogP contribution in [0.25, 0.3) is 0 Å². The molecule has 0 unspecified atom stereocenters. The van der Waals surface area contributed by atoms with Crippen LogP contribution in [0.2, 0.25) is 0 Å². The van der Waals surface area contributed by atoms with Gasteiger partial charge >= 0.3 is 0 Å². The average molecular weight is 650 g/mol. The summed E-state index contributed by atoms with van der Waals surface area (Å²) in [5.74, 6) is -0.508. The molecule has 3 aliphatic heterocycles. The number of piperidine rings is 1. The molecule has 0 saturated carbocycles. The average Bonchev–Trinajstić information content (AvgIpc) is 3.10. The first-order valence-corrected chi connectivity index (χ1v) is 16.8. The van der Waals surface area contributed by atoms with Crippen LogP contribution in [-0.4, -0.2) is 98.4 Å². The van der Waals surface area contributed by atoms with Crippen LogP contribution in [0.1, 0.15) is 52.7 Å². The highest BCUT2D eigenvalue weighted by Gasteiger charge is 2.51. The number of hydrogen-bond donors (Lipinski definition) is 1. The normalized spacial score (nSPS) is 20.1. The fourth-order valence-corrected chi connectivity index (χ4v) is 7.07. The smallest absolute Gasteiger partial charge is 0.253 e. The number of hydrogen-bond acceptors (Lipinski definition) is 6. The van der Waals surface area contributed by atoms with Crippen LogP contribution >= 0.6 is 0 Å². The van der Waals surface area contributed by atoms with Crippen LogP contribution in [0, 0.1) is 0 Å². The summed E-state index contributed by atoms with van der Waals surface area (Å²) in [4.78, 5) is 60.8. The summed E-state index contributed by atoms with van der Waals surface area (Å²) in [6, 6.07) is 23.0. The predicted octanol–water partition coefficient (Wildman–Crippen LogP) is 4.00. The Morgan fingerprint density at radius 1 is 0.875 bits per heavy atom. The first-order valence-electron chi connectivity index (χ1n) is 16.8. The molecule has 3 saturated heterocycles. The molecular formula is C38H43N5O5. The number of amides is 4. The molecule has 3 fully saturated rings. The van der Waals surface area contributed by atoms with E-state index in [2.05, 4.69) is 6.58 Å². The summed E-state index contributed by atoms with van der Waals surface area (Å²) in [5, 5.41) is 13.3. The second kappa shape index (κ2) is 14.9. The number of aryl methyl sites for hydroxylation is 1. The van der Waals surface area contributed by atoms with E-state index in [-0.39, 0.29) is 61.9 Å². The fourth-order valence-electron chi connectivity index (χ4n) is 7.07. The van der Waals surface area contributed by atoms with E-state index in [0.29, 0.717) is 18.5 Å². The summed E-state index contributed by atoms with van der Waals surface area (Å²) >= 11 is 0. The molecule has 10 heteroatoms. The Hall–Kier alpha value is -4.96. The van der Waals surface area contributed by atoms with Gasteiger partial charge in [-0.15, -0.1) is 6.58 Å². The molecule has 0 spiro atoms. The molecule has 3 aromatic rings. The van der Waals surface area contributed by atoms with E-state index in [9.17, 15) is 24.3 Å². The van der Waals surface area contributed by atoms with Gasteiger partial charge in [0, 0.05) is 44.6 Å². The number of nitrogens with zero attached hydrogens (tertiary/aromatic N) is 5. The van der Waals surface area contributed by atoms with E-state index in [1.165, 1.54) is 0 Å². The second-order valence-electron chi connectivity index (χ2n) is 12.8.